The van der Waals surface area contributed by atoms with Gasteiger partial charge in [0, 0.05) is 31.7 Å². The first-order chi connectivity index (χ1) is 8.76. The maximum absolute atomic E-state index is 12.5. The molecule has 0 spiro atoms. The van der Waals surface area contributed by atoms with Gasteiger partial charge in [-0.05, 0) is 25.7 Å². The van der Waals surface area contributed by atoms with E-state index in [2.05, 4.69) is 11.8 Å². The molecular weight excluding hydrogens is 228 g/mol. The lowest BCUT2D eigenvalue weighted by Crippen LogP contribution is -2.43. The Bertz CT molecular complexity index is 273. The normalized spacial score (nSPS) is 25.1. The summed E-state index contributed by atoms with van der Waals surface area (Å²) < 4.78 is 5.41. The van der Waals surface area contributed by atoms with Crippen molar-refractivity contribution >= 4 is 5.91 Å². The lowest BCUT2D eigenvalue weighted by molar-refractivity contribution is -0.136. The molecule has 2 atom stereocenters. The minimum Gasteiger partial charge on any atom is -0.381 e. The summed E-state index contributed by atoms with van der Waals surface area (Å²) in [6.07, 6.45) is 5.38. The molecular formula is C14H26N2O2. The minimum absolute atomic E-state index is 0.0259. The number of rotatable bonds is 7. The first-order valence-corrected chi connectivity index (χ1v) is 7.34. The lowest BCUT2D eigenvalue weighted by atomic mass is 10.0. The molecule has 1 saturated heterocycles. The van der Waals surface area contributed by atoms with Gasteiger partial charge in [-0.2, -0.15) is 0 Å². The fourth-order valence-electron chi connectivity index (χ4n) is 2.74. The zero-order chi connectivity index (χ0) is 13.0. The summed E-state index contributed by atoms with van der Waals surface area (Å²) in [5, 5.41) is 0. The number of hydrogen-bond acceptors (Lipinski definition) is 3. The number of carbonyl (C=O) groups excluding carboxylic acids is 1. The molecule has 4 heteroatoms. The Morgan fingerprint density at radius 1 is 1.44 bits per heavy atom. The predicted molar refractivity (Wildman–Crippen MR) is 71.1 cm³/mol. The molecule has 0 bridgehead atoms. The Morgan fingerprint density at radius 3 is 2.72 bits per heavy atom. The van der Waals surface area contributed by atoms with Gasteiger partial charge in [0.1, 0.15) is 0 Å². The summed E-state index contributed by atoms with van der Waals surface area (Å²) in [5.74, 6) is 0.848. The number of nitrogens with two attached hydrogens (primary N) is 1. The number of amides is 1. The van der Waals surface area contributed by atoms with E-state index < -0.39 is 0 Å². The molecule has 2 N–H and O–H groups in total. The van der Waals surface area contributed by atoms with Gasteiger partial charge in [0.2, 0.25) is 5.91 Å². The Hall–Kier alpha value is -0.610. The molecule has 0 aromatic rings. The number of hydrogen-bond donors (Lipinski definition) is 1. The molecule has 2 rings (SSSR count). The smallest absolute Gasteiger partial charge is 0.227 e. The van der Waals surface area contributed by atoms with Crippen LogP contribution in [-0.2, 0) is 9.53 Å². The Kier molecular flexibility index (Phi) is 5.01. The second kappa shape index (κ2) is 6.53. The van der Waals surface area contributed by atoms with Gasteiger partial charge in [0.15, 0.2) is 0 Å². The summed E-state index contributed by atoms with van der Waals surface area (Å²) in [4.78, 5) is 14.6. The third-order valence-electron chi connectivity index (χ3n) is 4.02. The monoisotopic (exact) mass is 254 g/mol. The minimum atomic E-state index is 0.0259. The molecule has 0 aromatic carbocycles. The lowest BCUT2D eigenvalue weighted by Gasteiger charge is -2.28. The van der Waals surface area contributed by atoms with Crippen molar-refractivity contribution in [2.45, 2.75) is 45.1 Å². The average Bonchev–Trinajstić information content (AvgIpc) is 3.09. The second-order valence-electron chi connectivity index (χ2n) is 5.67. The molecule has 1 aliphatic carbocycles. The maximum atomic E-state index is 12.5. The molecule has 1 saturated carbocycles. The first-order valence-electron chi connectivity index (χ1n) is 7.34. The van der Waals surface area contributed by atoms with Gasteiger partial charge in [-0.15, -0.1) is 0 Å². The molecule has 2 aliphatic rings. The highest BCUT2D eigenvalue weighted by atomic mass is 16.5. The molecule has 1 amide bonds. The Labute approximate surface area is 110 Å². The number of nitrogens with zero attached hydrogens (tertiary/aromatic N) is 1. The predicted octanol–water partition coefficient (Wildman–Crippen LogP) is 1.39. The fourth-order valence-corrected chi connectivity index (χ4v) is 2.74. The van der Waals surface area contributed by atoms with Crippen LogP contribution in [0.3, 0.4) is 0 Å². The standard InChI is InChI=1S/C14H26N2O2/c1-2-3-12(8-15)14(17)16(13-4-5-13)9-11-6-7-18-10-11/h11-13H,2-10,15H2,1H3. The van der Waals surface area contributed by atoms with E-state index in [9.17, 15) is 4.79 Å². The molecule has 2 unspecified atom stereocenters. The first kappa shape index (κ1) is 13.8. The van der Waals surface area contributed by atoms with Crippen LogP contribution in [0.25, 0.3) is 0 Å². The highest BCUT2D eigenvalue weighted by molar-refractivity contribution is 5.79. The van der Waals surface area contributed by atoms with Crippen molar-refractivity contribution in [3.8, 4) is 0 Å². The van der Waals surface area contributed by atoms with Gasteiger partial charge >= 0.3 is 0 Å². The SMILES string of the molecule is CCCC(CN)C(=O)N(CC1CCOC1)C1CC1. The summed E-state index contributed by atoms with van der Waals surface area (Å²) in [7, 11) is 0. The van der Waals surface area contributed by atoms with Gasteiger partial charge in [-0.3, -0.25) is 4.79 Å². The van der Waals surface area contributed by atoms with Crippen LogP contribution in [0.5, 0.6) is 0 Å². The molecule has 18 heavy (non-hydrogen) atoms. The zero-order valence-electron chi connectivity index (χ0n) is 11.4. The Balaban J connectivity index is 1.92. The van der Waals surface area contributed by atoms with Crippen LogP contribution in [-0.4, -0.2) is 43.2 Å². The summed E-state index contributed by atoms with van der Waals surface area (Å²) in [6, 6.07) is 0.490. The van der Waals surface area contributed by atoms with E-state index in [1.165, 1.54) is 12.8 Å². The molecule has 4 nitrogen and oxygen atoms in total. The van der Waals surface area contributed by atoms with Crippen LogP contribution in [0.1, 0.15) is 39.0 Å². The summed E-state index contributed by atoms with van der Waals surface area (Å²) in [6.45, 7) is 5.15. The maximum Gasteiger partial charge on any atom is 0.227 e. The summed E-state index contributed by atoms with van der Waals surface area (Å²) >= 11 is 0. The molecule has 1 heterocycles. The van der Waals surface area contributed by atoms with Gasteiger partial charge in [-0.25, -0.2) is 0 Å². The third-order valence-corrected chi connectivity index (χ3v) is 4.02. The number of ether oxygens (including phenoxy) is 1. The molecule has 0 aromatic heterocycles. The topological polar surface area (TPSA) is 55.6 Å². The van der Waals surface area contributed by atoms with E-state index in [0.717, 1.165) is 39.0 Å². The highest BCUT2D eigenvalue weighted by Gasteiger charge is 2.36. The van der Waals surface area contributed by atoms with Gasteiger partial charge in [0.05, 0.1) is 12.5 Å². The summed E-state index contributed by atoms with van der Waals surface area (Å²) in [5.41, 5.74) is 5.75. The highest BCUT2D eigenvalue weighted by Crippen LogP contribution is 2.30. The van der Waals surface area contributed by atoms with E-state index in [0.29, 0.717) is 18.5 Å². The van der Waals surface area contributed by atoms with E-state index in [1.807, 2.05) is 0 Å². The van der Waals surface area contributed by atoms with Crippen molar-refractivity contribution in [2.24, 2.45) is 17.6 Å². The molecule has 0 radical (unpaired) electrons. The molecule has 2 fully saturated rings. The van der Waals surface area contributed by atoms with Crippen LogP contribution in [0.15, 0.2) is 0 Å². The average molecular weight is 254 g/mol. The van der Waals surface area contributed by atoms with E-state index in [-0.39, 0.29) is 11.8 Å². The van der Waals surface area contributed by atoms with E-state index in [4.69, 9.17) is 10.5 Å². The van der Waals surface area contributed by atoms with Crippen molar-refractivity contribution in [3.05, 3.63) is 0 Å². The van der Waals surface area contributed by atoms with Crippen LogP contribution < -0.4 is 5.73 Å². The van der Waals surface area contributed by atoms with Gasteiger partial charge < -0.3 is 15.4 Å². The largest absolute Gasteiger partial charge is 0.381 e. The van der Waals surface area contributed by atoms with Crippen molar-refractivity contribution in [1.29, 1.82) is 0 Å². The quantitative estimate of drug-likeness (QED) is 0.747. The van der Waals surface area contributed by atoms with Crippen molar-refractivity contribution in [1.82, 2.24) is 4.90 Å². The van der Waals surface area contributed by atoms with E-state index in [1.54, 1.807) is 0 Å². The third kappa shape index (κ3) is 3.45. The van der Waals surface area contributed by atoms with Crippen LogP contribution in [0.4, 0.5) is 0 Å². The zero-order valence-corrected chi connectivity index (χ0v) is 11.4. The van der Waals surface area contributed by atoms with Crippen molar-refractivity contribution < 1.29 is 9.53 Å². The van der Waals surface area contributed by atoms with Crippen LogP contribution in [0.2, 0.25) is 0 Å². The van der Waals surface area contributed by atoms with Crippen molar-refractivity contribution in [3.63, 3.8) is 0 Å². The van der Waals surface area contributed by atoms with Crippen LogP contribution >= 0.6 is 0 Å². The van der Waals surface area contributed by atoms with Gasteiger partial charge in [-0.1, -0.05) is 13.3 Å². The molecule has 1 aliphatic heterocycles. The van der Waals surface area contributed by atoms with Crippen LogP contribution in [0, 0.1) is 11.8 Å². The second-order valence-corrected chi connectivity index (χ2v) is 5.67. The van der Waals surface area contributed by atoms with Gasteiger partial charge in [0.25, 0.3) is 0 Å². The molecule has 104 valence electrons. The van der Waals surface area contributed by atoms with Crippen molar-refractivity contribution in [2.75, 3.05) is 26.3 Å². The van der Waals surface area contributed by atoms with E-state index >= 15 is 0 Å². The fraction of sp³-hybridized carbons (Fsp3) is 0.929. The Morgan fingerprint density at radius 2 is 2.22 bits per heavy atom. The number of carbonyl (C=O) groups is 1.